The second-order valence-electron chi connectivity index (χ2n) is 12.2. The van der Waals surface area contributed by atoms with Gasteiger partial charge in [-0.05, 0) is 66.0 Å². The predicted octanol–water partition coefficient (Wildman–Crippen LogP) is 5.61. The Balaban J connectivity index is 1.22. The number of carbonyl (C=O) groups excluding carboxylic acids is 1. The third kappa shape index (κ3) is 5.91. The summed E-state index contributed by atoms with van der Waals surface area (Å²) < 4.78 is 28.5. The van der Waals surface area contributed by atoms with Crippen molar-refractivity contribution in [2.24, 2.45) is 0 Å². The summed E-state index contributed by atoms with van der Waals surface area (Å²) in [5, 5.41) is 2.17. The van der Waals surface area contributed by atoms with E-state index in [2.05, 4.69) is 68.3 Å². The van der Waals surface area contributed by atoms with Crippen LogP contribution in [0.15, 0.2) is 64.9 Å². The minimum atomic E-state index is -3.63. The molecule has 1 amide bonds. The van der Waals surface area contributed by atoms with E-state index in [9.17, 15) is 13.2 Å². The van der Waals surface area contributed by atoms with Crippen molar-refractivity contribution in [3.63, 3.8) is 0 Å². The predicted molar refractivity (Wildman–Crippen MR) is 162 cm³/mol. The summed E-state index contributed by atoms with van der Waals surface area (Å²) in [7, 11) is -3.63. The molecule has 214 valence electrons. The Labute approximate surface area is 243 Å². The Bertz CT molecular complexity index is 1440. The smallest absolute Gasteiger partial charge is 0.243 e. The highest BCUT2D eigenvalue weighted by Gasteiger charge is 2.36. The molecule has 0 saturated carbocycles. The molecule has 0 spiro atoms. The third-order valence-corrected chi connectivity index (χ3v) is 11.3. The standard InChI is InChI=1S/C32H41N3O3S2/c1-23-6-8-25(9-7-23)31-28-16-21-39-29(28)14-17-33(31)18-15-30(36)34-19-20-35(24(2)22-34)40(37,38)27-12-10-26(11-13-27)32(3,4)5/h6-13,16,21,24,31H,14-15,17-20,22H2,1-5H3. The van der Waals surface area contributed by atoms with Crippen LogP contribution in [0.3, 0.4) is 0 Å². The SMILES string of the molecule is Cc1ccc(C2c3ccsc3CCN2CCC(=O)N2CCN(S(=O)(=O)c3ccc(C(C)(C)C)cc3)C(C)C2)cc1. The Morgan fingerprint density at radius 2 is 1.68 bits per heavy atom. The van der Waals surface area contributed by atoms with Crippen molar-refractivity contribution in [2.45, 2.75) is 69.9 Å². The van der Waals surface area contributed by atoms with E-state index in [4.69, 9.17) is 0 Å². The summed E-state index contributed by atoms with van der Waals surface area (Å²) in [5.74, 6) is 0.0946. The fourth-order valence-corrected chi connectivity index (χ4v) is 8.45. The lowest BCUT2D eigenvalue weighted by Crippen LogP contribution is -2.55. The molecule has 2 aliphatic heterocycles. The zero-order chi connectivity index (χ0) is 28.7. The summed E-state index contributed by atoms with van der Waals surface area (Å²) in [6.45, 7) is 13.1. The lowest BCUT2D eigenvalue weighted by molar-refractivity contribution is -0.133. The molecule has 2 atom stereocenters. The lowest BCUT2D eigenvalue weighted by Gasteiger charge is -2.40. The number of hydrogen-bond acceptors (Lipinski definition) is 5. The Morgan fingerprint density at radius 3 is 2.33 bits per heavy atom. The van der Waals surface area contributed by atoms with Gasteiger partial charge in [0.1, 0.15) is 0 Å². The van der Waals surface area contributed by atoms with Gasteiger partial charge in [-0.15, -0.1) is 11.3 Å². The topological polar surface area (TPSA) is 60.9 Å². The molecule has 0 bridgehead atoms. The van der Waals surface area contributed by atoms with Gasteiger partial charge in [-0.2, -0.15) is 4.31 Å². The third-order valence-electron chi connectivity index (χ3n) is 8.32. The van der Waals surface area contributed by atoms with Crippen molar-refractivity contribution < 1.29 is 13.2 Å². The highest BCUT2D eigenvalue weighted by molar-refractivity contribution is 7.89. The summed E-state index contributed by atoms with van der Waals surface area (Å²) in [6.07, 6.45) is 1.43. The first-order chi connectivity index (χ1) is 18.9. The van der Waals surface area contributed by atoms with Crippen molar-refractivity contribution >= 4 is 27.3 Å². The van der Waals surface area contributed by atoms with Crippen LogP contribution in [0.4, 0.5) is 0 Å². The summed E-state index contributed by atoms with van der Waals surface area (Å²) in [5.41, 5.74) is 4.92. The number of benzene rings is 2. The molecule has 1 fully saturated rings. The van der Waals surface area contributed by atoms with E-state index < -0.39 is 10.0 Å². The van der Waals surface area contributed by atoms with E-state index in [1.54, 1.807) is 16.4 Å². The minimum absolute atomic E-state index is 0.0398. The van der Waals surface area contributed by atoms with Crippen LogP contribution in [0.5, 0.6) is 0 Å². The first-order valence-electron chi connectivity index (χ1n) is 14.2. The van der Waals surface area contributed by atoms with Crippen molar-refractivity contribution in [1.82, 2.24) is 14.1 Å². The highest BCUT2D eigenvalue weighted by Crippen LogP contribution is 2.38. The van der Waals surface area contributed by atoms with Crippen LogP contribution < -0.4 is 0 Å². The van der Waals surface area contributed by atoms with Gasteiger partial charge in [-0.25, -0.2) is 8.42 Å². The summed E-state index contributed by atoms with van der Waals surface area (Å²) in [6, 6.07) is 18.1. The molecule has 8 heteroatoms. The van der Waals surface area contributed by atoms with Crippen LogP contribution >= 0.6 is 11.3 Å². The normalized spacial score (nSPS) is 20.9. The molecule has 2 unspecified atom stereocenters. The van der Waals surface area contributed by atoms with Crippen LogP contribution in [0.1, 0.15) is 67.3 Å². The van der Waals surface area contributed by atoms with E-state index >= 15 is 0 Å². The van der Waals surface area contributed by atoms with Gasteiger partial charge in [0.25, 0.3) is 0 Å². The molecule has 40 heavy (non-hydrogen) atoms. The maximum Gasteiger partial charge on any atom is 0.243 e. The van der Waals surface area contributed by atoms with Crippen LogP contribution in [0, 0.1) is 6.92 Å². The Morgan fingerprint density at radius 1 is 0.975 bits per heavy atom. The molecule has 5 rings (SSSR count). The number of fused-ring (bicyclic) bond motifs is 1. The number of nitrogens with zero attached hydrogens (tertiary/aromatic N) is 3. The van der Waals surface area contributed by atoms with E-state index in [0.717, 1.165) is 18.5 Å². The molecule has 6 nitrogen and oxygen atoms in total. The van der Waals surface area contributed by atoms with Crippen LogP contribution in [0.2, 0.25) is 0 Å². The number of carbonyl (C=O) groups is 1. The van der Waals surface area contributed by atoms with Gasteiger partial charge in [-0.1, -0.05) is 62.7 Å². The largest absolute Gasteiger partial charge is 0.340 e. The zero-order valence-electron chi connectivity index (χ0n) is 24.3. The van der Waals surface area contributed by atoms with Gasteiger partial charge in [0.2, 0.25) is 15.9 Å². The zero-order valence-corrected chi connectivity index (χ0v) is 25.9. The second kappa shape index (κ2) is 11.4. The van der Waals surface area contributed by atoms with Gasteiger partial charge < -0.3 is 4.90 Å². The molecule has 0 N–H and O–H groups in total. The summed E-state index contributed by atoms with van der Waals surface area (Å²) >= 11 is 1.82. The van der Waals surface area contributed by atoms with Crippen LogP contribution in [-0.2, 0) is 26.7 Å². The van der Waals surface area contributed by atoms with Crippen molar-refractivity contribution in [3.05, 3.63) is 87.1 Å². The number of amides is 1. The number of aryl methyl sites for hydroxylation is 1. The molecule has 3 aromatic rings. The van der Waals surface area contributed by atoms with Crippen molar-refractivity contribution in [2.75, 3.05) is 32.7 Å². The van der Waals surface area contributed by atoms with Gasteiger partial charge in [0.05, 0.1) is 10.9 Å². The fourth-order valence-electron chi connectivity index (χ4n) is 5.93. The second-order valence-corrected chi connectivity index (χ2v) is 15.1. The molecule has 0 radical (unpaired) electrons. The van der Waals surface area contributed by atoms with Gasteiger partial charge >= 0.3 is 0 Å². The first kappa shape index (κ1) is 29.0. The molecule has 0 aliphatic carbocycles. The number of thiophene rings is 1. The van der Waals surface area contributed by atoms with E-state index in [1.165, 1.54) is 21.6 Å². The van der Waals surface area contributed by atoms with Gasteiger partial charge in [-0.3, -0.25) is 9.69 Å². The van der Waals surface area contributed by atoms with Crippen molar-refractivity contribution in [1.29, 1.82) is 0 Å². The van der Waals surface area contributed by atoms with Gasteiger partial charge in [0, 0.05) is 50.1 Å². The Kier molecular flexibility index (Phi) is 8.26. The molecule has 1 saturated heterocycles. The molecule has 3 heterocycles. The number of hydrogen-bond donors (Lipinski definition) is 0. The first-order valence-corrected chi connectivity index (χ1v) is 16.5. The van der Waals surface area contributed by atoms with Crippen LogP contribution in [0.25, 0.3) is 0 Å². The summed E-state index contributed by atoms with van der Waals surface area (Å²) in [4.78, 5) is 19.4. The number of rotatable bonds is 6. The average Bonchev–Trinajstić information content (AvgIpc) is 3.40. The number of sulfonamides is 1. The Hall–Kier alpha value is -2.52. The van der Waals surface area contributed by atoms with Gasteiger partial charge in [0.15, 0.2) is 0 Å². The molecular formula is C32H41N3O3S2. The van der Waals surface area contributed by atoms with Crippen molar-refractivity contribution in [3.8, 4) is 0 Å². The quantitative estimate of drug-likeness (QED) is 0.381. The molecular weight excluding hydrogens is 539 g/mol. The molecule has 2 aliphatic rings. The maximum atomic E-state index is 13.5. The van der Waals surface area contributed by atoms with Crippen LogP contribution in [-0.4, -0.2) is 67.2 Å². The maximum absolute atomic E-state index is 13.5. The molecule has 2 aromatic carbocycles. The molecule has 1 aromatic heterocycles. The monoisotopic (exact) mass is 579 g/mol. The average molecular weight is 580 g/mol. The van der Waals surface area contributed by atoms with E-state index in [-0.39, 0.29) is 23.4 Å². The van der Waals surface area contributed by atoms with E-state index in [0.29, 0.717) is 37.5 Å². The number of piperazine rings is 1. The van der Waals surface area contributed by atoms with E-state index in [1.807, 2.05) is 35.3 Å². The highest BCUT2D eigenvalue weighted by atomic mass is 32.2. The fraction of sp³-hybridized carbons (Fsp3) is 0.469. The lowest BCUT2D eigenvalue weighted by atomic mass is 9.87. The minimum Gasteiger partial charge on any atom is -0.340 e.